The Hall–Kier alpha value is -2.34. The van der Waals surface area contributed by atoms with E-state index >= 15 is 0 Å². The summed E-state index contributed by atoms with van der Waals surface area (Å²) in [6, 6.07) is 5.79. The van der Waals surface area contributed by atoms with Crippen LogP contribution >= 0.6 is 0 Å². The molecule has 0 saturated heterocycles. The van der Waals surface area contributed by atoms with E-state index in [0.717, 1.165) is 5.69 Å². The molecular formula is C15H18N4O2. The lowest BCUT2D eigenvalue weighted by atomic mass is 10.1. The maximum atomic E-state index is 11.1. The molecule has 2 heterocycles. The van der Waals surface area contributed by atoms with Gasteiger partial charge in [0.1, 0.15) is 0 Å². The van der Waals surface area contributed by atoms with Crippen LogP contribution in [0.2, 0.25) is 0 Å². The highest BCUT2D eigenvalue weighted by atomic mass is 16.6. The zero-order chi connectivity index (χ0) is 15.4. The highest BCUT2D eigenvalue weighted by molar-refractivity contribution is 5.47. The smallest absolute Gasteiger partial charge is 0.278 e. The van der Waals surface area contributed by atoms with Crippen molar-refractivity contribution >= 4 is 5.69 Å². The van der Waals surface area contributed by atoms with Gasteiger partial charge in [0.25, 0.3) is 5.69 Å². The Morgan fingerprint density at radius 3 is 2.71 bits per heavy atom. The number of rotatable bonds is 5. The minimum atomic E-state index is -0.349. The van der Waals surface area contributed by atoms with Crippen LogP contribution in [0.3, 0.4) is 0 Å². The lowest BCUT2D eigenvalue weighted by Gasteiger charge is -2.14. The molecule has 0 aliphatic rings. The zero-order valence-electron chi connectivity index (χ0n) is 12.3. The standard InChI is InChI=1S/C15H18N4O2/c1-10-8-18-14(11(2)15(10)19(20)21)9-17-12(3)13-6-4-5-7-16-13/h4-8,12,17H,9H2,1-3H3/t12-/m1/s1. The van der Waals surface area contributed by atoms with Gasteiger partial charge in [0.05, 0.1) is 16.3 Å². The van der Waals surface area contributed by atoms with Crippen LogP contribution < -0.4 is 5.32 Å². The van der Waals surface area contributed by atoms with Gasteiger partial charge in [-0.2, -0.15) is 0 Å². The van der Waals surface area contributed by atoms with Crippen LogP contribution in [0.5, 0.6) is 0 Å². The van der Waals surface area contributed by atoms with E-state index in [2.05, 4.69) is 15.3 Å². The van der Waals surface area contributed by atoms with Gasteiger partial charge in [0.2, 0.25) is 0 Å². The number of nitrogens with one attached hydrogen (secondary N) is 1. The first-order valence-corrected chi connectivity index (χ1v) is 6.74. The first kappa shape index (κ1) is 15.1. The lowest BCUT2D eigenvalue weighted by Crippen LogP contribution is -2.20. The van der Waals surface area contributed by atoms with E-state index in [0.29, 0.717) is 23.4 Å². The Morgan fingerprint density at radius 2 is 2.10 bits per heavy atom. The lowest BCUT2D eigenvalue weighted by molar-refractivity contribution is -0.386. The highest BCUT2D eigenvalue weighted by Gasteiger charge is 2.19. The van der Waals surface area contributed by atoms with Gasteiger partial charge in [-0.1, -0.05) is 6.07 Å². The minimum Gasteiger partial charge on any atom is -0.303 e. The van der Waals surface area contributed by atoms with Crippen LogP contribution in [0.1, 0.15) is 35.5 Å². The molecule has 21 heavy (non-hydrogen) atoms. The molecule has 1 N–H and O–H groups in total. The summed E-state index contributed by atoms with van der Waals surface area (Å²) in [6.07, 6.45) is 3.29. The summed E-state index contributed by atoms with van der Waals surface area (Å²) < 4.78 is 0. The molecule has 0 saturated carbocycles. The Bertz CT molecular complexity index is 644. The molecule has 2 rings (SSSR count). The molecule has 0 radical (unpaired) electrons. The third-order valence-electron chi connectivity index (χ3n) is 3.47. The molecule has 0 aliphatic heterocycles. The summed E-state index contributed by atoms with van der Waals surface area (Å²) >= 11 is 0. The van der Waals surface area contributed by atoms with E-state index in [4.69, 9.17) is 0 Å². The van der Waals surface area contributed by atoms with Crippen molar-refractivity contribution in [3.05, 3.63) is 63.2 Å². The molecule has 0 unspecified atom stereocenters. The molecule has 0 bridgehead atoms. The Balaban J connectivity index is 2.14. The van der Waals surface area contributed by atoms with Crippen molar-refractivity contribution in [3.63, 3.8) is 0 Å². The van der Waals surface area contributed by atoms with E-state index in [-0.39, 0.29) is 16.7 Å². The number of aromatic nitrogens is 2. The third kappa shape index (κ3) is 3.41. The van der Waals surface area contributed by atoms with Gasteiger partial charge in [-0.15, -0.1) is 0 Å². The molecule has 0 fully saturated rings. The Morgan fingerprint density at radius 1 is 1.33 bits per heavy atom. The predicted molar refractivity (Wildman–Crippen MR) is 79.9 cm³/mol. The molecule has 0 amide bonds. The first-order valence-electron chi connectivity index (χ1n) is 6.74. The summed E-state index contributed by atoms with van der Waals surface area (Å²) in [5.41, 5.74) is 2.96. The van der Waals surface area contributed by atoms with Gasteiger partial charge in [0.15, 0.2) is 0 Å². The number of nitro groups is 1. The molecule has 110 valence electrons. The van der Waals surface area contributed by atoms with Gasteiger partial charge in [-0.3, -0.25) is 20.1 Å². The summed E-state index contributed by atoms with van der Waals surface area (Å²) in [4.78, 5) is 19.3. The second-order valence-corrected chi connectivity index (χ2v) is 4.98. The van der Waals surface area contributed by atoms with Gasteiger partial charge < -0.3 is 5.32 Å². The van der Waals surface area contributed by atoms with Gasteiger partial charge >= 0.3 is 0 Å². The van der Waals surface area contributed by atoms with Crippen LogP contribution in [0, 0.1) is 24.0 Å². The second kappa shape index (κ2) is 6.41. The minimum absolute atomic E-state index is 0.0489. The van der Waals surface area contributed by atoms with E-state index in [1.54, 1.807) is 26.2 Å². The van der Waals surface area contributed by atoms with Crippen molar-refractivity contribution in [2.45, 2.75) is 33.4 Å². The van der Waals surface area contributed by atoms with Crippen molar-refractivity contribution in [1.29, 1.82) is 0 Å². The summed E-state index contributed by atoms with van der Waals surface area (Å²) in [7, 11) is 0. The fourth-order valence-corrected chi connectivity index (χ4v) is 2.21. The van der Waals surface area contributed by atoms with Gasteiger partial charge in [0, 0.05) is 36.1 Å². The van der Waals surface area contributed by atoms with Crippen molar-refractivity contribution in [3.8, 4) is 0 Å². The van der Waals surface area contributed by atoms with Crippen molar-refractivity contribution < 1.29 is 4.92 Å². The molecule has 0 aromatic carbocycles. The van der Waals surface area contributed by atoms with Crippen molar-refractivity contribution in [2.75, 3.05) is 0 Å². The third-order valence-corrected chi connectivity index (χ3v) is 3.47. The van der Waals surface area contributed by atoms with Crippen LogP contribution in [0.25, 0.3) is 0 Å². The highest BCUT2D eigenvalue weighted by Crippen LogP contribution is 2.24. The largest absolute Gasteiger partial charge is 0.303 e. The fraction of sp³-hybridized carbons (Fsp3) is 0.333. The fourth-order valence-electron chi connectivity index (χ4n) is 2.21. The number of aryl methyl sites for hydroxylation is 1. The molecule has 6 heteroatoms. The topological polar surface area (TPSA) is 81.0 Å². The van der Waals surface area contributed by atoms with Crippen LogP contribution in [0.4, 0.5) is 5.69 Å². The van der Waals surface area contributed by atoms with Gasteiger partial charge in [-0.05, 0) is 32.9 Å². The number of nitrogens with zero attached hydrogens (tertiary/aromatic N) is 3. The van der Waals surface area contributed by atoms with Crippen LogP contribution in [-0.2, 0) is 6.54 Å². The molecule has 1 atom stereocenters. The molecular weight excluding hydrogens is 268 g/mol. The Labute approximate surface area is 123 Å². The normalized spacial score (nSPS) is 12.1. The molecule has 0 aliphatic carbocycles. The average Bonchev–Trinajstić information content (AvgIpc) is 2.46. The van der Waals surface area contributed by atoms with Gasteiger partial charge in [-0.25, -0.2) is 0 Å². The second-order valence-electron chi connectivity index (χ2n) is 4.98. The monoisotopic (exact) mass is 286 g/mol. The van der Waals surface area contributed by atoms with E-state index in [1.807, 2.05) is 25.1 Å². The number of pyridine rings is 2. The molecule has 2 aromatic heterocycles. The zero-order valence-corrected chi connectivity index (χ0v) is 12.3. The SMILES string of the molecule is Cc1cnc(CN[C@H](C)c2ccccn2)c(C)c1[N+](=O)[O-]. The molecule has 2 aromatic rings. The summed E-state index contributed by atoms with van der Waals surface area (Å²) in [6.45, 7) is 5.90. The van der Waals surface area contributed by atoms with Crippen molar-refractivity contribution in [2.24, 2.45) is 0 Å². The quantitative estimate of drug-likeness (QED) is 0.675. The van der Waals surface area contributed by atoms with Crippen LogP contribution in [0.15, 0.2) is 30.6 Å². The van der Waals surface area contributed by atoms with Crippen LogP contribution in [-0.4, -0.2) is 14.9 Å². The average molecular weight is 286 g/mol. The Kier molecular flexibility index (Phi) is 4.59. The number of hydrogen-bond acceptors (Lipinski definition) is 5. The number of hydrogen-bond donors (Lipinski definition) is 1. The van der Waals surface area contributed by atoms with E-state index in [1.165, 1.54) is 0 Å². The predicted octanol–water partition coefficient (Wildman–Crippen LogP) is 2.85. The summed E-state index contributed by atoms with van der Waals surface area (Å²) in [5.74, 6) is 0. The first-order chi connectivity index (χ1) is 10.0. The molecule has 6 nitrogen and oxygen atoms in total. The summed E-state index contributed by atoms with van der Waals surface area (Å²) in [5, 5.41) is 14.4. The van der Waals surface area contributed by atoms with E-state index < -0.39 is 0 Å². The molecule has 0 spiro atoms. The maximum Gasteiger partial charge on any atom is 0.278 e. The van der Waals surface area contributed by atoms with Crippen molar-refractivity contribution in [1.82, 2.24) is 15.3 Å². The van der Waals surface area contributed by atoms with E-state index in [9.17, 15) is 10.1 Å². The maximum absolute atomic E-state index is 11.1.